The summed E-state index contributed by atoms with van der Waals surface area (Å²) in [6.45, 7) is 6.41. The number of methoxy groups -OCH3 is 1. The number of pyridine rings is 1. The average Bonchev–Trinajstić information content (AvgIpc) is 2.81. The first-order valence-electron chi connectivity index (χ1n) is 8.82. The molecule has 1 aliphatic heterocycles. The van der Waals surface area contributed by atoms with Gasteiger partial charge in [0.2, 0.25) is 0 Å². The van der Waals surface area contributed by atoms with Crippen LogP contribution in [0.3, 0.4) is 0 Å². The number of ether oxygens (including phenoxy) is 1. The number of aromatic nitrogens is 1. The molecule has 6 nitrogen and oxygen atoms in total. The molecule has 6 heteroatoms. The summed E-state index contributed by atoms with van der Waals surface area (Å²) < 4.78 is 5.44. The van der Waals surface area contributed by atoms with Crippen molar-refractivity contribution in [2.75, 3.05) is 32.1 Å². The lowest BCUT2D eigenvalue weighted by Gasteiger charge is -2.22. The second-order valence-corrected chi connectivity index (χ2v) is 6.68. The highest BCUT2D eigenvalue weighted by molar-refractivity contribution is 5.75. The quantitative estimate of drug-likeness (QED) is 0.921. The van der Waals surface area contributed by atoms with Crippen LogP contribution >= 0.6 is 0 Å². The second kappa shape index (κ2) is 7.64. The molecule has 2 heterocycles. The smallest absolute Gasteiger partial charge is 0.318 e. The van der Waals surface area contributed by atoms with Gasteiger partial charge in [0.1, 0.15) is 5.75 Å². The van der Waals surface area contributed by atoms with Gasteiger partial charge in [0.15, 0.2) is 0 Å². The maximum atomic E-state index is 12.7. The van der Waals surface area contributed by atoms with Crippen molar-refractivity contribution in [3.05, 3.63) is 52.8 Å². The Labute approximate surface area is 154 Å². The molecule has 138 valence electrons. The number of hydrogen-bond donors (Lipinski definition) is 1. The molecule has 1 aromatic carbocycles. The van der Waals surface area contributed by atoms with Crippen LogP contribution < -0.4 is 15.0 Å². The fraction of sp³-hybridized carbons (Fsp3) is 0.400. The molecule has 2 amide bonds. The van der Waals surface area contributed by atoms with Gasteiger partial charge in [0.25, 0.3) is 0 Å². The number of fused-ring (bicyclic) bond motifs is 1. The summed E-state index contributed by atoms with van der Waals surface area (Å²) in [5.74, 6) is 0.828. The standard InChI is InChI=1S/C20H26N4O2/c1-14-11-21-17(15(2)19(14)26-4)12-22-20(25)24-10-9-23(3)18-8-6-5-7-16(18)13-24/h5-8,11H,9-10,12-13H2,1-4H3,(H,22,25). The molecule has 0 saturated carbocycles. The van der Waals surface area contributed by atoms with Crippen LogP contribution in [-0.4, -0.2) is 43.2 Å². The summed E-state index contributed by atoms with van der Waals surface area (Å²) in [6.07, 6.45) is 1.78. The minimum absolute atomic E-state index is 0.0733. The molecule has 0 unspecified atom stereocenters. The van der Waals surface area contributed by atoms with Crippen molar-refractivity contribution in [1.82, 2.24) is 15.2 Å². The Hall–Kier alpha value is -2.76. The van der Waals surface area contributed by atoms with Crippen LogP contribution in [0.25, 0.3) is 0 Å². The van der Waals surface area contributed by atoms with Gasteiger partial charge in [-0.3, -0.25) is 4.98 Å². The Morgan fingerprint density at radius 1 is 1.27 bits per heavy atom. The molecule has 0 aliphatic carbocycles. The normalized spacial score (nSPS) is 13.8. The summed E-state index contributed by atoms with van der Waals surface area (Å²) in [6, 6.07) is 8.15. The highest BCUT2D eigenvalue weighted by Crippen LogP contribution is 2.25. The summed E-state index contributed by atoms with van der Waals surface area (Å²) in [4.78, 5) is 21.2. The summed E-state index contributed by atoms with van der Waals surface area (Å²) in [5.41, 5.74) is 5.13. The Bertz CT molecular complexity index is 806. The number of nitrogens with zero attached hydrogens (tertiary/aromatic N) is 3. The molecular formula is C20H26N4O2. The van der Waals surface area contributed by atoms with Gasteiger partial charge in [-0.2, -0.15) is 0 Å². The minimum Gasteiger partial charge on any atom is -0.496 e. The van der Waals surface area contributed by atoms with Crippen molar-refractivity contribution in [1.29, 1.82) is 0 Å². The fourth-order valence-electron chi connectivity index (χ4n) is 3.39. The number of likely N-dealkylation sites (N-methyl/N-ethyl adjacent to an activating group) is 1. The molecule has 0 saturated heterocycles. The van der Waals surface area contributed by atoms with E-state index in [1.54, 1.807) is 13.3 Å². The van der Waals surface area contributed by atoms with E-state index in [4.69, 9.17) is 4.74 Å². The van der Waals surface area contributed by atoms with E-state index in [2.05, 4.69) is 34.4 Å². The zero-order chi connectivity index (χ0) is 18.7. The molecule has 1 aromatic heterocycles. The highest BCUT2D eigenvalue weighted by Gasteiger charge is 2.21. The number of rotatable bonds is 3. The number of carbonyl (C=O) groups excluding carboxylic acids is 1. The zero-order valence-electron chi connectivity index (χ0n) is 15.9. The molecule has 1 N–H and O–H groups in total. The Morgan fingerprint density at radius 2 is 2.04 bits per heavy atom. The van der Waals surface area contributed by atoms with Crippen molar-refractivity contribution >= 4 is 11.7 Å². The SMILES string of the molecule is COc1c(C)cnc(CNC(=O)N2CCN(C)c3ccccc3C2)c1C. The molecule has 0 spiro atoms. The molecule has 26 heavy (non-hydrogen) atoms. The molecule has 0 atom stereocenters. The third-order valence-electron chi connectivity index (χ3n) is 4.91. The lowest BCUT2D eigenvalue weighted by atomic mass is 10.1. The van der Waals surface area contributed by atoms with E-state index in [9.17, 15) is 4.79 Å². The first kappa shape index (κ1) is 18.0. The average molecular weight is 354 g/mol. The van der Waals surface area contributed by atoms with Gasteiger partial charge in [-0.05, 0) is 25.5 Å². The number of benzene rings is 1. The molecule has 0 radical (unpaired) electrons. The third kappa shape index (κ3) is 3.59. The van der Waals surface area contributed by atoms with Crippen molar-refractivity contribution in [2.24, 2.45) is 0 Å². The first-order valence-corrected chi connectivity index (χ1v) is 8.82. The molecular weight excluding hydrogens is 328 g/mol. The van der Waals surface area contributed by atoms with E-state index in [1.807, 2.05) is 30.9 Å². The van der Waals surface area contributed by atoms with Gasteiger partial charge < -0.3 is 19.9 Å². The van der Waals surface area contributed by atoms with Crippen LogP contribution in [-0.2, 0) is 13.1 Å². The number of hydrogen-bond acceptors (Lipinski definition) is 4. The molecule has 2 aromatic rings. The van der Waals surface area contributed by atoms with Crippen molar-refractivity contribution < 1.29 is 9.53 Å². The van der Waals surface area contributed by atoms with E-state index in [-0.39, 0.29) is 6.03 Å². The molecule has 3 rings (SSSR count). The highest BCUT2D eigenvalue weighted by atomic mass is 16.5. The topological polar surface area (TPSA) is 57.7 Å². The summed E-state index contributed by atoms with van der Waals surface area (Å²) in [5, 5.41) is 3.00. The van der Waals surface area contributed by atoms with Gasteiger partial charge in [-0.15, -0.1) is 0 Å². The molecule has 1 aliphatic rings. The number of aryl methyl sites for hydroxylation is 1. The third-order valence-corrected chi connectivity index (χ3v) is 4.91. The number of nitrogens with one attached hydrogen (secondary N) is 1. The van der Waals surface area contributed by atoms with Crippen LogP contribution in [0.4, 0.5) is 10.5 Å². The number of amides is 2. The van der Waals surface area contributed by atoms with Crippen molar-refractivity contribution in [3.63, 3.8) is 0 Å². The minimum atomic E-state index is -0.0733. The molecule has 0 fully saturated rings. The van der Waals surface area contributed by atoms with Gasteiger partial charge in [0, 0.05) is 49.7 Å². The van der Waals surface area contributed by atoms with Crippen LogP contribution in [0.15, 0.2) is 30.5 Å². The Morgan fingerprint density at radius 3 is 2.81 bits per heavy atom. The van der Waals surface area contributed by atoms with E-state index in [0.29, 0.717) is 19.6 Å². The predicted octanol–water partition coefficient (Wildman–Crippen LogP) is 2.87. The van der Waals surface area contributed by atoms with Gasteiger partial charge in [0.05, 0.1) is 19.3 Å². The van der Waals surface area contributed by atoms with Crippen molar-refractivity contribution in [2.45, 2.75) is 26.9 Å². The largest absolute Gasteiger partial charge is 0.496 e. The lowest BCUT2D eigenvalue weighted by Crippen LogP contribution is -2.41. The van der Waals surface area contributed by atoms with Crippen LogP contribution in [0.2, 0.25) is 0 Å². The predicted molar refractivity (Wildman–Crippen MR) is 103 cm³/mol. The van der Waals surface area contributed by atoms with Gasteiger partial charge >= 0.3 is 6.03 Å². The van der Waals surface area contributed by atoms with E-state index in [0.717, 1.165) is 34.7 Å². The van der Waals surface area contributed by atoms with Crippen LogP contribution in [0, 0.1) is 13.8 Å². The summed E-state index contributed by atoms with van der Waals surface area (Å²) >= 11 is 0. The van der Waals surface area contributed by atoms with E-state index in [1.165, 1.54) is 5.69 Å². The van der Waals surface area contributed by atoms with Crippen LogP contribution in [0.5, 0.6) is 5.75 Å². The molecule has 0 bridgehead atoms. The monoisotopic (exact) mass is 354 g/mol. The summed E-state index contributed by atoms with van der Waals surface area (Å²) in [7, 11) is 3.72. The lowest BCUT2D eigenvalue weighted by molar-refractivity contribution is 0.197. The van der Waals surface area contributed by atoms with Crippen molar-refractivity contribution in [3.8, 4) is 5.75 Å². The van der Waals surface area contributed by atoms with Gasteiger partial charge in [-0.1, -0.05) is 18.2 Å². The van der Waals surface area contributed by atoms with Gasteiger partial charge in [-0.25, -0.2) is 4.79 Å². The zero-order valence-corrected chi connectivity index (χ0v) is 15.9. The number of para-hydroxylation sites is 1. The first-order chi connectivity index (χ1) is 12.5. The fourth-order valence-corrected chi connectivity index (χ4v) is 3.39. The second-order valence-electron chi connectivity index (χ2n) is 6.68. The van der Waals surface area contributed by atoms with Crippen LogP contribution in [0.1, 0.15) is 22.4 Å². The van der Waals surface area contributed by atoms with E-state index >= 15 is 0 Å². The Balaban J connectivity index is 1.70. The maximum absolute atomic E-state index is 12.7. The Kier molecular flexibility index (Phi) is 5.30. The number of carbonyl (C=O) groups is 1. The van der Waals surface area contributed by atoms with E-state index < -0.39 is 0 Å². The maximum Gasteiger partial charge on any atom is 0.318 e. The number of anilines is 1. The number of urea groups is 1.